The van der Waals surface area contributed by atoms with E-state index in [0.29, 0.717) is 17.0 Å². The SMILES string of the molecule is NCc1cc(-c2cccc(C(F)(F)F)c2)no1. The molecular formula is C11H9F3N2O. The summed E-state index contributed by atoms with van der Waals surface area (Å²) in [5.74, 6) is 0.428. The normalized spacial score (nSPS) is 11.8. The lowest BCUT2D eigenvalue weighted by molar-refractivity contribution is -0.137. The predicted octanol–water partition coefficient (Wildman–Crippen LogP) is 2.82. The van der Waals surface area contributed by atoms with E-state index >= 15 is 0 Å². The number of halogens is 3. The zero-order valence-corrected chi connectivity index (χ0v) is 8.66. The lowest BCUT2D eigenvalue weighted by Crippen LogP contribution is -2.04. The molecule has 0 aliphatic rings. The highest BCUT2D eigenvalue weighted by molar-refractivity contribution is 5.60. The number of nitrogens with zero attached hydrogens (tertiary/aromatic N) is 1. The van der Waals surface area contributed by atoms with Gasteiger partial charge in [0.05, 0.1) is 12.1 Å². The van der Waals surface area contributed by atoms with E-state index in [1.54, 1.807) is 0 Å². The van der Waals surface area contributed by atoms with Gasteiger partial charge in [-0.1, -0.05) is 17.3 Å². The van der Waals surface area contributed by atoms with Crippen LogP contribution in [-0.4, -0.2) is 5.16 Å². The van der Waals surface area contributed by atoms with Gasteiger partial charge in [0, 0.05) is 11.6 Å². The fraction of sp³-hybridized carbons (Fsp3) is 0.182. The Kier molecular flexibility index (Phi) is 2.89. The van der Waals surface area contributed by atoms with Gasteiger partial charge in [0.1, 0.15) is 5.69 Å². The van der Waals surface area contributed by atoms with Gasteiger partial charge in [0.2, 0.25) is 0 Å². The van der Waals surface area contributed by atoms with Gasteiger partial charge in [0.15, 0.2) is 5.76 Å². The molecule has 0 spiro atoms. The third-order valence-electron chi connectivity index (χ3n) is 2.25. The quantitative estimate of drug-likeness (QED) is 0.880. The molecule has 0 unspecified atom stereocenters. The maximum Gasteiger partial charge on any atom is 0.416 e. The number of hydrogen-bond acceptors (Lipinski definition) is 3. The van der Waals surface area contributed by atoms with Crippen LogP contribution in [0.2, 0.25) is 0 Å². The van der Waals surface area contributed by atoms with Crippen molar-refractivity contribution in [3.63, 3.8) is 0 Å². The first-order valence-electron chi connectivity index (χ1n) is 4.84. The Labute approximate surface area is 95.0 Å². The Bertz CT molecular complexity index is 519. The van der Waals surface area contributed by atoms with Gasteiger partial charge in [-0.2, -0.15) is 13.2 Å². The zero-order chi connectivity index (χ0) is 12.5. The summed E-state index contributed by atoms with van der Waals surface area (Å²) in [5, 5.41) is 3.66. The molecular weight excluding hydrogens is 233 g/mol. The van der Waals surface area contributed by atoms with Gasteiger partial charge < -0.3 is 10.3 Å². The molecule has 2 N–H and O–H groups in total. The van der Waals surface area contributed by atoms with Crippen molar-refractivity contribution < 1.29 is 17.7 Å². The van der Waals surface area contributed by atoms with Crippen molar-refractivity contribution in [2.75, 3.05) is 0 Å². The largest absolute Gasteiger partial charge is 0.416 e. The second-order valence-electron chi connectivity index (χ2n) is 3.46. The molecule has 90 valence electrons. The van der Waals surface area contributed by atoms with Gasteiger partial charge in [-0.25, -0.2) is 0 Å². The minimum absolute atomic E-state index is 0.159. The summed E-state index contributed by atoms with van der Waals surface area (Å²) < 4.78 is 42.3. The molecule has 0 saturated carbocycles. The summed E-state index contributed by atoms with van der Waals surface area (Å²) in [7, 11) is 0. The molecule has 1 aromatic heterocycles. The molecule has 17 heavy (non-hydrogen) atoms. The van der Waals surface area contributed by atoms with Crippen LogP contribution in [0.15, 0.2) is 34.9 Å². The number of nitrogens with two attached hydrogens (primary N) is 1. The maximum atomic E-state index is 12.5. The molecule has 0 radical (unpaired) electrons. The lowest BCUT2D eigenvalue weighted by Gasteiger charge is -2.06. The van der Waals surface area contributed by atoms with Crippen LogP contribution < -0.4 is 5.73 Å². The topological polar surface area (TPSA) is 52.0 Å². The Balaban J connectivity index is 2.39. The Hall–Kier alpha value is -1.82. The molecule has 2 rings (SSSR count). The number of rotatable bonds is 2. The zero-order valence-electron chi connectivity index (χ0n) is 8.66. The second-order valence-corrected chi connectivity index (χ2v) is 3.46. The van der Waals surface area contributed by atoms with Gasteiger partial charge >= 0.3 is 6.18 Å². The van der Waals surface area contributed by atoms with Gasteiger partial charge in [-0.05, 0) is 12.1 Å². The van der Waals surface area contributed by atoms with Gasteiger partial charge in [-0.15, -0.1) is 0 Å². The van der Waals surface area contributed by atoms with E-state index in [1.165, 1.54) is 18.2 Å². The van der Waals surface area contributed by atoms with Crippen LogP contribution in [0.5, 0.6) is 0 Å². The average Bonchev–Trinajstić information content (AvgIpc) is 2.76. The molecule has 0 fully saturated rings. The Morgan fingerprint density at radius 1 is 1.24 bits per heavy atom. The average molecular weight is 242 g/mol. The van der Waals surface area contributed by atoms with Crippen molar-refractivity contribution in [1.29, 1.82) is 0 Å². The van der Waals surface area contributed by atoms with Crippen LogP contribution in [0.1, 0.15) is 11.3 Å². The van der Waals surface area contributed by atoms with E-state index in [2.05, 4.69) is 5.16 Å². The molecule has 0 amide bonds. The lowest BCUT2D eigenvalue weighted by atomic mass is 10.1. The maximum absolute atomic E-state index is 12.5. The van der Waals surface area contributed by atoms with E-state index in [4.69, 9.17) is 10.3 Å². The van der Waals surface area contributed by atoms with Gasteiger partial charge in [-0.3, -0.25) is 0 Å². The number of alkyl halides is 3. The standard InChI is InChI=1S/C11H9F3N2O/c12-11(13,14)8-3-1-2-7(4-8)10-5-9(6-15)17-16-10/h1-5H,6,15H2. The van der Waals surface area contributed by atoms with Crippen LogP contribution in [0.25, 0.3) is 11.3 Å². The molecule has 6 heteroatoms. The van der Waals surface area contributed by atoms with E-state index in [0.717, 1.165) is 12.1 Å². The Morgan fingerprint density at radius 3 is 2.59 bits per heavy atom. The van der Waals surface area contributed by atoms with E-state index in [1.807, 2.05) is 0 Å². The summed E-state index contributed by atoms with van der Waals surface area (Å²) in [6.07, 6.45) is -4.36. The van der Waals surface area contributed by atoms with Crippen LogP contribution in [0, 0.1) is 0 Å². The van der Waals surface area contributed by atoms with Crippen LogP contribution >= 0.6 is 0 Å². The van der Waals surface area contributed by atoms with Crippen molar-refractivity contribution in [3.05, 3.63) is 41.7 Å². The summed E-state index contributed by atoms with van der Waals surface area (Å²) in [4.78, 5) is 0. The summed E-state index contributed by atoms with van der Waals surface area (Å²) in [6.45, 7) is 0.159. The number of aromatic nitrogens is 1. The van der Waals surface area contributed by atoms with Crippen molar-refractivity contribution in [3.8, 4) is 11.3 Å². The summed E-state index contributed by atoms with van der Waals surface area (Å²) in [6, 6.07) is 6.42. The minimum atomic E-state index is -4.36. The van der Waals surface area contributed by atoms with Crippen molar-refractivity contribution in [2.24, 2.45) is 5.73 Å². The molecule has 0 bridgehead atoms. The summed E-state index contributed by atoms with van der Waals surface area (Å²) >= 11 is 0. The van der Waals surface area contributed by atoms with Gasteiger partial charge in [0.25, 0.3) is 0 Å². The monoisotopic (exact) mass is 242 g/mol. The first-order chi connectivity index (χ1) is 8.00. The van der Waals surface area contributed by atoms with Crippen LogP contribution in [0.4, 0.5) is 13.2 Å². The first kappa shape index (κ1) is 11.7. The molecule has 0 saturated heterocycles. The fourth-order valence-corrected chi connectivity index (χ4v) is 1.40. The highest BCUT2D eigenvalue weighted by atomic mass is 19.4. The highest BCUT2D eigenvalue weighted by Gasteiger charge is 2.30. The number of benzene rings is 1. The molecule has 0 aliphatic carbocycles. The molecule has 1 heterocycles. The molecule has 1 aromatic carbocycles. The Morgan fingerprint density at radius 2 is 2.00 bits per heavy atom. The molecule has 2 aromatic rings. The minimum Gasteiger partial charge on any atom is -0.359 e. The van der Waals surface area contributed by atoms with Crippen LogP contribution in [-0.2, 0) is 12.7 Å². The molecule has 3 nitrogen and oxygen atoms in total. The van der Waals surface area contributed by atoms with Crippen molar-refractivity contribution >= 4 is 0 Å². The second kappa shape index (κ2) is 4.21. The third-order valence-corrected chi connectivity index (χ3v) is 2.25. The van der Waals surface area contributed by atoms with Crippen molar-refractivity contribution in [2.45, 2.75) is 12.7 Å². The highest BCUT2D eigenvalue weighted by Crippen LogP contribution is 2.31. The summed E-state index contributed by atoms with van der Waals surface area (Å²) in [5.41, 5.74) is 5.31. The predicted molar refractivity (Wildman–Crippen MR) is 54.8 cm³/mol. The third kappa shape index (κ3) is 2.47. The fourth-order valence-electron chi connectivity index (χ4n) is 1.40. The van der Waals surface area contributed by atoms with E-state index < -0.39 is 11.7 Å². The molecule has 0 aliphatic heterocycles. The van der Waals surface area contributed by atoms with E-state index in [9.17, 15) is 13.2 Å². The van der Waals surface area contributed by atoms with Crippen LogP contribution in [0.3, 0.4) is 0 Å². The van der Waals surface area contributed by atoms with Crippen molar-refractivity contribution in [1.82, 2.24) is 5.16 Å². The number of hydrogen-bond donors (Lipinski definition) is 1. The molecule has 0 atom stereocenters. The smallest absolute Gasteiger partial charge is 0.359 e. The first-order valence-corrected chi connectivity index (χ1v) is 4.84. The van der Waals surface area contributed by atoms with E-state index in [-0.39, 0.29) is 6.54 Å².